The van der Waals surface area contributed by atoms with Crippen molar-refractivity contribution in [1.29, 1.82) is 0 Å². The third-order valence-corrected chi connectivity index (χ3v) is 4.75. The first kappa shape index (κ1) is 17.0. The molecule has 0 spiro atoms. The normalized spacial score (nSPS) is 10.9. The predicted octanol–water partition coefficient (Wildman–Crippen LogP) is 6.76. The Balaban J connectivity index is 2.05. The van der Waals surface area contributed by atoms with E-state index in [4.69, 9.17) is 4.98 Å². The van der Waals surface area contributed by atoms with Crippen molar-refractivity contribution < 1.29 is 0 Å². The Labute approximate surface area is 160 Å². The molecule has 1 aromatic heterocycles. The second kappa shape index (κ2) is 6.73. The van der Waals surface area contributed by atoms with Crippen LogP contribution in [0.15, 0.2) is 86.0 Å². The van der Waals surface area contributed by atoms with Gasteiger partial charge in [-0.05, 0) is 67.4 Å². The summed E-state index contributed by atoms with van der Waals surface area (Å²) in [5, 5.41) is 0. The van der Waals surface area contributed by atoms with Gasteiger partial charge in [0, 0.05) is 11.3 Å². The van der Waals surface area contributed by atoms with Crippen LogP contribution in [0.1, 0.15) is 25.0 Å². The molecule has 2 nitrogen and oxygen atoms in total. The number of imidazole rings is 1. The Bertz CT molecular complexity index is 1130. The summed E-state index contributed by atoms with van der Waals surface area (Å²) in [6.07, 6.45) is 0. The van der Waals surface area contributed by atoms with Gasteiger partial charge in [0.25, 0.3) is 0 Å². The number of hydrogen-bond acceptors (Lipinski definition) is 1. The van der Waals surface area contributed by atoms with Gasteiger partial charge in [-0.2, -0.15) is 0 Å². The molecule has 0 fully saturated rings. The van der Waals surface area contributed by atoms with Crippen LogP contribution in [0.4, 0.5) is 0 Å². The van der Waals surface area contributed by atoms with E-state index in [-0.39, 0.29) is 0 Å². The molecule has 1 heterocycles. The highest BCUT2D eigenvalue weighted by atomic mass is 15.1. The molecular formula is C25H22N2. The SMILES string of the molecule is C=C(C)c1cc(C(=C)C)cc(-c2nc3ccccc3n2-c2ccccc2)c1. The smallest absolute Gasteiger partial charge is 0.145 e. The summed E-state index contributed by atoms with van der Waals surface area (Å²) in [7, 11) is 0. The number of nitrogens with zero attached hydrogens (tertiary/aromatic N) is 2. The fraction of sp³-hybridized carbons (Fsp3) is 0.0800. The molecule has 2 heteroatoms. The van der Waals surface area contributed by atoms with Crippen LogP contribution in [0.25, 0.3) is 39.3 Å². The van der Waals surface area contributed by atoms with Crippen molar-refractivity contribution in [1.82, 2.24) is 9.55 Å². The second-order valence-corrected chi connectivity index (χ2v) is 6.95. The molecule has 0 aliphatic carbocycles. The fourth-order valence-corrected chi connectivity index (χ4v) is 3.31. The van der Waals surface area contributed by atoms with Crippen LogP contribution < -0.4 is 0 Å². The zero-order valence-corrected chi connectivity index (χ0v) is 15.7. The first-order valence-electron chi connectivity index (χ1n) is 9.05. The molecule has 4 aromatic rings. The van der Waals surface area contributed by atoms with Crippen molar-refractivity contribution in [3.05, 3.63) is 97.1 Å². The lowest BCUT2D eigenvalue weighted by molar-refractivity contribution is 1.10. The van der Waals surface area contributed by atoms with Crippen molar-refractivity contribution in [3.8, 4) is 17.1 Å². The fourth-order valence-electron chi connectivity index (χ4n) is 3.31. The summed E-state index contributed by atoms with van der Waals surface area (Å²) in [5.41, 5.74) is 8.51. The molecule has 0 N–H and O–H groups in total. The Morgan fingerprint density at radius 1 is 0.778 bits per heavy atom. The van der Waals surface area contributed by atoms with Gasteiger partial charge in [-0.15, -0.1) is 0 Å². The minimum absolute atomic E-state index is 0.924. The molecule has 0 aliphatic rings. The van der Waals surface area contributed by atoms with E-state index in [0.717, 1.165) is 50.4 Å². The first-order chi connectivity index (χ1) is 13.0. The summed E-state index contributed by atoms with van der Waals surface area (Å²) in [6, 6.07) is 25.1. The first-order valence-corrected chi connectivity index (χ1v) is 9.05. The van der Waals surface area contributed by atoms with Crippen LogP contribution in [-0.2, 0) is 0 Å². The zero-order valence-electron chi connectivity index (χ0n) is 15.7. The van der Waals surface area contributed by atoms with E-state index < -0.39 is 0 Å². The lowest BCUT2D eigenvalue weighted by Gasteiger charge is -2.13. The van der Waals surface area contributed by atoms with E-state index in [1.807, 2.05) is 26.0 Å². The Hall–Kier alpha value is -3.39. The van der Waals surface area contributed by atoms with Crippen LogP contribution in [0.5, 0.6) is 0 Å². The minimum atomic E-state index is 0.924. The number of allylic oxidation sites excluding steroid dienone is 2. The number of fused-ring (bicyclic) bond motifs is 1. The van der Waals surface area contributed by atoms with Crippen molar-refractivity contribution in [2.75, 3.05) is 0 Å². The molecule has 0 bridgehead atoms. The van der Waals surface area contributed by atoms with E-state index in [0.29, 0.717) is 0 Å². The third-order valence-electron chi connectivity index (χ3n) is 4.75. The Morgan fingerprint density at radius 2 is 1.37 bits per heavy atom. The Kier molecular flexibility index (Phi) is 4.25. The van der Waals surface area contributed by atoms with Crippen LogP contribution in [0, 0.1) is 0 Å². The lowest BCUT2D eigenvalue weighted by Crippen LogP contribution is -1.98. The van der Waals surface area contributed by atoms with Crippen LogP contribution >= 0.6 is 0 Å². The van der Waals surface area contributed by atoms with Crippen LogP contribution in [0.3, 0.4) is 0 Å². The maximum Gasteiger partial charge on any atom is 0.145 e. The number of hydrogen-bond donors (Lipinski definition) is 0. The molecule has 3 aromatic carbocycles. The molecule has 0 unspecified atom stereocenters. The van der Waals surface area contributed by atoms with Gasteiger partial charge in [-0.3, -0.25) is 4.57 Å². The van der Waals surface area contributed by atoms with E-state index >= 15 is 0 Å². The molecule has 0 aliphatic heterocycles. The maximum absolute atomic E-state index is 4.96. The van der Waals surface area contributed by atoms with Gasteiger partial charge < -0.3 is 0 Å². The standard InChI is InChI=1S/C25H22N2/c1-17(2)19-14-20(18(3)4)16-21(15-19)25-26-23-12-8-9-13-24(23)27(25)22-10-6-5-7-11-22/h5-16H,1,3H2,2,4H3. The molecule has 27 heavy (non-hydrogen) atoms. The van der Waals surface area contributed by atoms with Crippen LogP contribution in [0.2, 0.25) is 0 Å². The average Bonchev–Trinajstić information content (AvgIpc) is 3.08. The molecule has 0 saturated carbocycles. The van der Waals surface area contributed by atoms with Crippen molar-refractivity contribution in [2.24, 2.45) is 0 Å². The summed E-state index contributed by atoms with van der Waals surface area (Å²) in [5.74, 6) is 0.924. The van der Waals surface area contributed by atoms with Crippen molar-refractivity contribution in [3.63, 3.8) is 0 Å². The highest BCUT2D eigenvalue weighted by molar-refractivity contribution is 5.85. The second-order valence-electron chi connectivity index (χ2n) is 6.95. The molecular weight excluding hydrogens is 328 g/mol. The van der Waals surface area contributed by atoms with E-state index in [1.165, 1.54) is 0 Å². The molecule has 0 amide bonds. The average molecular weight is 350 g/mol. The predicted molar refractivity (Wildman–Crippen MR) is 116 cm³/mol. The summed E-state index contributed by atoms with van der Waals surface area (Å²) >= 11 is 0. The monoisotopic (exact) mass is 350 g/mol. The third kappa shape index (κ3) is 3.11. The Morgan fingerprint density at radius 3 is 2.00 bits per heavy atom. The topological polar surface area (TPSA) is 17.8 Å². The maximum atomic E-state index is 4.96. The molecule has 132 valence electrons. The van der Waals surface area contributed by atoms with E-state index in [2.05, 4.69) is 78.4 Å². The van der Waals surface area contributed by atoms with Crippen molar-refractivity contribution >= 4 is 22.2 Å². The molecule has 4 rings (SSSR count). The molecule has 0 atom stereocenters. The van der Waals surface area contributed by atoms with Gasteiger partial charge in [0.05, 0.1) is 11.0 Å². The zero-order chi connectivity index (χ0) is 19.0. The number of benzene rings is 3. The number of aromatic nitrogens is 2. The summed E-state index contributed by atoms with van der Waals surface area (Å²) < 4.78 is 2.22. The minimum Gasteiger partial charge on any atom is -0.292 e. The van der Waals surface area contributed by atoms with Crippen LogP contribution in [-0.4, -0.2) is 9.55 Å². The molecule has 0 radical (unpaired) electrons. The largest absolute Gasteiger partial charge is 0.292 e. The highest BCUT2D eigenvalue weighted by Crippen LogP contribution is 2.32. The summed E-state index contributed by atoms with van der Waals surface area (Å²) in [4.78, 5) is 4.96. The van der Waals surface area contributed by atoms with Gasteiger partial charge in [0.1, 0.15) is 5.82 Å². The van der Waals surface area contributed by atoms with Crippen molar-refractivity contribution in [2.45, 2.75) is 13.8 Å². The van der Waals surface area contributed by atoms with E-state index in [1.54, 1.807) is 0 Å². The molecule has 0 saturated heterocycles. The number of rotatable bonds is 4. The quantitative estimate of drug-likeness (QED) is 0.397. The van der Waals surface area contributed by atoms with E-state index in [9.17, 15) is 0 Å². The van der Waals surface area contributed by atoms with Gasteiger partial charge in [0.15, 0.2) is 0 Å². The van der Waals surface area contributed by atoms with Gasteiger partial charge in [-0.1, -0.05) is 54.6 Å². The summed E-state index contributed by atoms with van der Waals surface area (Å²) in [6.45, 7) is 12.3. The van der Waals surface area contributed by atoms with Gasteiger partial charge >= 0.3 is 0 Å². The highest BCUT2D eigenvalue weighted by Gasteiger charge is 2.15. The van der Waals surface area contributed by atoms with Gasteiger partial charge in [0.2, 0.25) is 0 Å². The number of para-hydroxylation sites is 3. The van der Waals surface area contributed by atoms with Gasteiger partial charge in [-0.25, -0.2) is 4.98 Å². The lowest BCUT2D eigenvalue weighted by atomic mass is 9.98.